The average molecular weight is 781 g/mol. The minimum atomic E-state index is -0.927. The molecule has 0 N–H and O–H groups in total. The van der Waals surface area contributed by atoms with E-state index in [0.717, 1.165) is 77.8 Å². The third kappa shape index (κ3) is 5.50. The molecule has 286 valence electrons. The molecule has 0 unspecified atom stereocenters. The van der Waals surface area contributed by atoms with Crippen molar-refractivity contribution in [3.8, 4) is 33.4 Å². The van der Waals surface area contributed by atoms with E-state index in [9.17, 15) is 4.11 Å². The second kappa shape index (κ2) is 14.1. The maximum Gasteiger partial charge on any atom is 0.136 e. The highest BCUT2D eigenvalue weighted by molar-refractivity contribution is 6.12. The van der Waals surface area contributed by atoms with E-state index in [0.29, 0.717) is 16.8 Å². The van der Waals surface area contributed by atoms with Crippen molar-refractivity contribution in [1.82, 2.24) is 0 Å². The third-order valence-electron chi connectivity index (χ3n) is 12.5. The lowest BCUT2D eigenvalue weighted by Gasteiger charge is -2.35. The maximum absolute atomic E-state index is 10.6. The molecule has 0 radical (unpaired) electrons. The van der Waals surface area contributed by atoms with E-state index in [1.165, 1.54) is 10.8 Å². The molecule has 0 aliphatic heterocycles. The largest absolute Gasteiger partial charge is 0.456 e. The van der Waals surface area contributed by atoms with Crippen molar-refractivity contribution >= 4 is 49.8 Å². The molecule has 0 spiro atoms. The van der Waals surface area contributed by atoms with Gasteiger partial charge in [0.2, 0.25) is 0 Å². The summed E-state index contributed by atoms with van der Waals surface area (Å²) in [5.41, 5.74) is 12.1. The molecular weight excluding hydrogens is 739 g/mol. The monoisotopic (exact) mass is 780 g/mol. The van der Waals surface area contributed by atoms with Gasteiger partial charge in [-0.15, -0.1) is 0 Å². The molecule has 2 nitrogen and oxygen atoms in total. The summed E-state index contributed by atoms with van der Waals surface area (Å²) in [6, 6.07) is 75.1. The Morgan fingerprint density at radius 1 is 0.377 bits per heavy atom. The van der Waals surface area contributed by atoms with E-state index in [4.69, 9.17) is 4.42 Å². The Morgan fingerprint density at radius 3 is 1.66 bits per heavy atom. The van der Waals surface area contributed by atoms with Gasteiger partial charge in [-0.3, -0.25) is 0 Å². The summed E-state index contributed by atoms with van der Waals surface area (Å²) in [6.07, 6.45) is 0. The van der Waals surface area contributed by atoms with Crippen molar-refractivity contribution in [3.05, 3.63) is 259 Å². The highest BCUT2D eigenvalue weighted by Crippen LogP contribution is 2.57. The fourth-order valence-corrected chi connectivity index (χ4v) is 9.78. The van der Waals surface area contributed by atoms with Crippen molar-refractivity contribution in [3.63, 3.8) is 0 Å². The van der Waals surface area contributed by atoms with Gasteiger partial charge < -0.3 is 9.32 Å². The Hall–Kier alpha value is -7.94. The topological polar surface area (TPSA) is 16.4 Å². The summed E-state index contributed by atoms with van der Waals surface area (Å²) in [5, 5.41) is 4.46. The molecule has 0 saturated heterocycles. The molecule has 1 aromatic heterocycles. The van der Waals surface area contributed by atoms with Gasteiger partial charge in [0.15, 0.2) is 0 Å². The summed E-state index contributed by atoms with van der Waals surface area (Å²) in [4.78, 5) is 2.01. The highest BCUT2D eigenvalue weighted by Gasteiger charge is 2.46. The molecule has 1 heterocycles. The molecule has 12 rings (SSSR count). The van der Waals surface area contributed by atoms with Crippen molar-refractivity contribution in [1.29, 1.82) is 0 Å². The summed E-state index contributed by atoms with van der Waals surface area (Å²) < 4.78 is 36.7. The van der Waals surface area contributed by atoms with E-state index >= 15 is 0 Å². The number of anilines is 3. The second-order valence-electron chi connectivity index (χ2n) is 15.7. The standard InChI is InChI=1S/C59H39NO/c1-3-17-43(18-4-1)59(44-19-5-2-6-20-44)54-26-11-9-22-51(54)52-38-37-47(39-55(52)59)60(45-33-29-41(30-34-45)49-24-13-16-40-15-7-8-21-48(40)49)46-35-31-42(32-36-46)50-25-14-28-57-58(50)53-23-10-12-27-56(53)61-57/h1-39H/i37D,38D,39D. The minimum Gasteiger partial charge on any atom is -0.456 e. The molecule has 0 atom stereocenters. The lowest BCUT2D eigenvalue weighted by atomic mass is 9.67. The first-order valence-corrected chi connectivity index (χ1v) is 20.8. The number of hydrogen-bond acceptors (Lipinski definition) is 2. The minimum absolute atomic E-state index is 0.00711. The Kier molecular flexibility index (Phi) is 7.40. The van der Waals surface area contributed by atoms with Gasteiger partial charge in [-0.05, 0) is 115 Å². The lowest BCUT2D eigenvalue weighted by molar-refractivity contribution is 0.669. The van der Waals surface area contributed by atoms with Gasteiger partial charge in [0, 0.05) is 27.8 Å². The maximum atomic E-state index is 10.6. The van der Waals surface area contributed by atoms with E-state index in [2.05, 4.69) is 133 Å². The summed E-state index contributed by atoms with van der Waals surface area (Å²) in [7, 11) is 0. The van der Waals surface area contributed by atoms with Gasteiger partial charge in [0.25, 0.3) is 0 Å². The zero-order chi connectivity index (χ0) is 42.9. The first-order valence-electron chi connectivity index (χ1n) is 22.3. The third-order valence-corrected chi connectivity index (χ3v) is 12.5. The predicted octanol–water partition coefficient (Wildman–Crippen LogP) is 15.9. The zero-order valence-corrected chi connectivity index (χ0v) is 33.1. The summed E-state index contributed by atoms with van der Waals surface area (Å²) in [5.74, 6) is 0. The second-order valence-corrected chi connectivity index (χ2v) is 15.7. The number of hydrogen-bond donors (Lipinski definition) is 0. The summed E-state index contributed by atoms with van der Waals surface area (Å²) >= 11 is 0. The molecule has 0 bridgehead atoms. The Balaban J connectivity index is 1.10. The quantitative estimate of drug-likeness (QED) is 0.160. The molecular formula is C59H39NO. The fraction of sp³-hybridized carbons (Fsp3) is 0.0169. The molecule has 0 amide bonds. The SMILES string of the molecule is [2H]c1c([2H])c(N(c2ccc(-c3cccc4ccccc34)cc2)c2ccc(-c3cccc4oc5ccccc5c34)cc2)c([2H])c2c1-c1ccccc1C2(c1ccccc1)c1ccccc1. The molecule has 10 aromatic carbocycles. The Morgan fingerprint density at radius 2 is 0.918 bits per heavy atom. The van der Waals surface area contributed by atoms with E-state index in [-0.39, 0.29) is 18.1 Å². The van der Waals surface area contributed by atoms with Gasteiger partial charge in [-0.25, -0.2) is 0 Å². The molecule has 1 aliphatic rings. The first-order chi connectivity index (χ1) is 31.5. The van der Waals surface area contributed by atoms with Crippen molar-refractivity contribution in [2.24, 2.45) is 0 Å². The van der Waals surface area contributed by atoms with E-state index < -0.39 is 5.41 Å². The van der Waals surface area contributed by atoms with Crippen LogP contribution >= 0.6 is 0 Å². The fourth-order valence-electron chi connectivity index (χ4n) is 9.78. The molecule has 1 aliphatic carbocycles. The smallest absolute Gasteiger partial charge is 0.136 e. The number of rotatable bonds is 7. The molecule has 0 fully saturated rings. The highest BCUT2D eigenvalue weighted by atomic mass is 16.3. The van der Waals surface area contributed by atoms with Crippen LogP contribution in [0.4, 0.5) is 17.1 Å². The van der Waals surface area contributed by atoms with E-state index in [1.54, 1.807) is 0 Å². The number of fused-ring (bicyclic) bond motifs is 7. The zero-order valence-electron chi connectivity index (χ0n) is 36.1. The number of furan rings is 1. The van der Waals surface area contributed by atoms with Gasteiger partial charge >= 0.3 is 0 Å². The van der Waals surface area contributed by atoms with Gasteiger partial charge in [-0.1, -0.05) is 188 Å². The molecule has 2 heteroatoms. The van der Waals surface area contributed by atoms with Gasteiger partial charge in [0.05, 0.1) is 9.53 Å². The van der Waals surface area contributed by atoms with Gasteiger partial charge in [-0.2, -0.15) is 0 Å². The Labute approximate surface area is 359 Å². The van der Waals surface area contributed by atoms with Crippen LogP contribution in [0.3, 0.4) is 0 Å². The van der Waals surface area contributed by atoms with Crippen molar-refractivity contribution in [2.45, 2.75) is 5.41 Å². The normalized spacial score (nSPS) is 13.4. The van der Waals surface area contributed by atoms with Crippen LogP contribution < -0.4 is 4.90 Å². The predicted molar refractivity (Wildman–Crippen MR) is 254 cm³/mol. The van der Waals surface area contributed by atoms with Crippen LogP contribution in [-0.2, 0) is 5.41 Å². The van der Waals surface area contributed by atoms with Gasteiger partial charge in [0.1, 0.15) is 11.2 Å². The average Bonchev–Trinajstić information content (AvgIpc) is 3.90. The van der Waals surface area contributed by atoms with E-state index in [1.807, 2.05) is 89.8 Å². The van der Waals surface area contributed by atoms with Crippen molar-refractivity contribution < 1.29 is 8.53 Å². The first kappa shape index (κ1) is 32.0. The number of para-hydroxylation sites is 1. The van der Waals surface area contributed by atoms with Crippen LogP contribution in [0.2, 0.25) is 0 Å². The summed E-state index contributed by atoms with van der Waals surface area (Å²) in [6.45, 7) is 0. The Bertz CT molecular complexity index is 3540. The number of nitrogens with zero attached hydrogens (tertiary/aromatic N) is 1. The number of benzene rings is 10. The van der Waals surface area contributed by atoms with Crippen LogP contribution in [0.25, 0.3) is 66.1 Å². The lowest BCUT2D eigenvalue weighted by Crippen LogP contribution is -2.28. The van der Waals surface area contributed by atoms with Crippen LogP contribution in [-0.4, -0.2) is 0 Å². The van der Waals surface area contributed by atoms with Crippen LogP contribution in [0, 0.1) is 0 Å². The van der Waals surface area contributed by atoms with Crippen LogP contribution in [0.5, 0.6) is 0 Å². The van der Waals surface area contributed by atoms with Crippen LogP contribution in [0.1, 0.15) is 26.4 Å². The van der Waals surface area contributed by atoms with Crippen molar-refractivity contribution in [2.75, 3.05) is 4.90 Å². The van der Waals surface area contributed by atoms with Crippen LogP contribution in [0.15, 0.2) is 241 Å². The molecule has 61 heavy (non-hydrogen) atoms. The molecule has 11 aromatic rings. The molecule has 0 saturated carbocycles.